The monoisotopic (exact) mass is 425 g/mol. The first-order valence-corrected chi connectivity index (χ1v) is 9.86. The first-order chi connectivity index (χ1) is 14.6. The smallest absolute Gasteiger partial charge is 0.255 e. The summed E-state index contributed by atoms with van der Waals surface area (Å²) in [6.45, 7) is 2.80. The van der Waals surface area contributed by atoms with E-state index in [4.69, 9.17) is 30.5 Å². The highest BCUT2D eigenvalue weighted by Crippen LogP contribution is 2.34. The van der Waals surface area contributed by atoms with E-state index in [1.54, 1.807) is 48.5 Å². The van der Waals surface area contributed by atoms with Crippen molar-refractivity contribution in [1.82, 2.24) is 0 Å². The standard InChI is InChI=1S/C23H20ClNO5/c1-2-27-19-9-7-15(11-16(19)13-28-20-6-4-3-5-18(20)24)23(26)25-17-8-10-21-22(12-17)30-14-29-21/h3-12H,2,13-14H2,1H3,(H,25,26). The van der Waals surface area contributed by atoms with Crippen LogP contribution in [0, 0.1) is 0 Å². The van der Waals surface area contributed by atoms with Crippen LogP contribution >= 0.6 is 11.6 Å². The van der Waals surface area contributed by atoms with Gasteiger partial charge in [0.25, 0.3) is 5.91 Å². The molecular formula is C23H20ClNO5. The van der Waals surface area contributed by atoms with E-state index in [2.05, 4.69) is 5.32 Å². The van der Waals surface area contributed by atoms with Crippen LogP contribution in [0.2, 0.25) is 5.02 Å². The van der Waals surface area contributed by atoms with E-state index in [-0.39, 0.29) is 19.3 Å². The van der Waals surface area contributed by atoms with Gasteiger partial charge in [0.05, 0.1) is 11.6 Å². The predicted octanol–water partition coefficient (Wildman–Crippen LogP) is 5.30. The van der Waals surface area contributed by atoms with Crippen molar-refractivity contribution in [3.63, 3.8) is 0 Å². The van der Waals surface area contributed by atoms with Gasteiger partial charge >= 0.3 is 0 Å². The highest BCUT2D eigenvalue weighted by Gasteiger charge is 2.16. The third-order valence-corrected chi connectivity index (χ3v) is 4.79. The molecule has 0 saturated heterocycles. The van der Waals surface area contributed by atoms with Gasteiger partial charge in [-0.1, -0.05) is 23.7 Å². The fraction of sp³-hybridized carbons (Fsp3) is 0.174. The third-order valence-electron chi connectivity index (χ3n) is 4.47. The van der Waals surface area contributed by atoms with Crippen molar-refractivity contribution in [3.8, 4) is 23.0 Å². The van der Waals surface area contributed by atoms with Gasteiger partial charge in [0.2, 0.25) is 6.79 Å². The fourth-order valence-corrected chi connectivity index (χ4v) is 3.21. The number of anilines is 1. The molecule has 1 heterocycles. The molecule has 7 heteroatoms. The van der Waals surface area contributed by atoms with Crippen molar-refractivity contribution in [2.45, 2.75) is 13.5 Å². The van der Waals surface area contributed by atoms with Crippen LogP contribution in [0.15, 0.2) is 60.7 Å². The summed E-state index contributed by atoms with van der Waals surface area (Å²) in [5, 5.41) is 3.39. The van der Waals surface area contributed by atoms with Crippen molar-refractivity contribution >= 4 is 23.2 Å². The van der Waals surface area contributed by atoms with E-state index >= 15 is 0 Å². The Hall–Kier alpha value is -3.38. The van der Waals surface area contributed by atoms with Crippen molar-refractivity contribution in [1.29, 1.82) is 0 Å². The molecular weight excluding hydrogens is 406 g/mol. The zero-order chi connectivity index (χ0) is 20.9. The van der Waals surface area contributed by atoms with E-state index in [1.165, 1.54) is 0 Å². The first-order valence-electron chi connectivity index (χ1n) is 9.48. The molecule has 1 aliphatic heterocycles. The Morgan fingerprint density at radius 1 is 1.00 bits per heavy atom. The van der Waals surface area contributed by atoms with Crippen LogP contribution in [-0.4, -0.2) is 19.3 Å². The van der Waals surface area contributed by atoms with Crippen molar-refractivity contribution in [3.05, 3.63) is 76.8 Å². The van der Waals surface area contributed by atoms with E-state index in [0.717, 1.165) is 5.56 Å². The maximum atomic E-state index is 12.8. The number of hydrogen-bond acceptors (Lipinski definition) is 5. The number of hydrogen-bond donors (Lipinski definition) is 1. The third kappa shape index (κ3) is 4.44. The Morgan fingerprint density at radius 3 is 2.67 bits per heavy atom. The van der Waals surface area contributed by atoms with Gasteiger partial charge in [-0.25, -0.2) is 0 Å². The van der Waals surface area contributed by atoms with E-state index in [9.17, 15) is 4.79 Å². The predicted molar refractivity (Wildman–Crippen MR) is 114 cm³/mol. The molecule has 0 atom stereocenters. The number of ether oxygens (including phenoxy) is 4. The lowest BCUT2D eigenvalue weighted by Crippen LogP contribution is -2.13. The van der Waals surface area contributed by atoms with Crippen molar-refractivity contribution in [2.75, 3.05) is 18.7 Å². The molecule has 154 valence electrons. The minimum absolute atomic E-state index is 0.181. The SMILES string of the molecule is CCOc1ccc(C(=O)Nc2ccc3c(c2)OCO3)cc1COc1ccccc1Cl. The molecule has 0 spiro atoms. The molecule has 0 saturated carbocycles. The molecule has 3 aromatic carbocycles. The summed E-state index contributed by atoms with van der Waals surface area (Å²) in [5.41, 5.74) is 1.84. The van der Waals surface area contributed by atoms with Gasteiger partial charge in [-0.05, 0) is 49.4 Å². The molecule has 30 heavy (non-hydrogen) atoms. The number of benzene rings is 3. The van der Waals surface area contributed by atoms with Crippen LogP contribution < -0.4 is 24.3 Å². The lowest BCUT2D eigenvalue weighted by Gasteiger charge is -2.14. The summed E-state index contributed by atoms with van der Waals surface area (Å²) in [6, 6.07) is 17.7. The van der Waals surface area contributed by atoms with E-state index < -0.39 is 0 Å². The Morgan fingerprint density at radius 2 is 1.83 bits per heavy atom. The summed E-state index contributed by atoms with van der Waals surface area (Å²) in [4.78, 5) is 12.8. The van der Waals surface area contributed by atoms with Gasteiger partial charge in [0.1, 0.15) is 18.1 Å². The number of carbonyl (C=O) groups excluding carboxylic acids is 1. The zero-order valence-corrected chi connectivity index (χ0v) is 17.1. The summed E-state index contributed by atoms with van der Waals surface area (Å²) >= 11 is 6.16. The highest BCUT2D eigenvalue weighted by atomic mass is 35.5. The lowest BCUT2D eigenvalue weighted by atomic mass is 10.1. The molecule has 1 aliphatic rings. The average Bonchev–Trinajstić information content (AvgIpc) is 3.22. The van der Waals surface area contributed by atoms with Gasteiger partial charge in [-0.2, -0.15) is 0 Å². The number of fused-ring (bicyclic) bond motifs is 1. The van der Waals surface area contributed by atoms with Gasteiger partial charge in [-0.3, -0.25) is 4.79 Å². The summed E-state index contributed by atoms with van der Waals surface area (Å²) in [5.74, 6) is 2.23. The molecule has 6 nitrogen and oxygen atoms in total. The maximum absolute atomic E-state index is 12.8. The molecule has 4 rings (SSSR count). The number of carbonyl (C=O) groups is 1. The van der Waals surface area contributed by atoms with Crippen molar-refractivity contribution in [2.24, 2.45) is 0 Å². The van der Waals surface area contributed by atoms with Gasteiger partial charge in [0, 0.05) is 22.9 Å². The quantitative estimate of drug-likeness (QED) is 0.556. The minimum atomic E-state index is -0.254. The second-order valence-corrected chi connectivity index (χ2v) is 6.90. The van der Waals surface area contributed by atoms with Crippen LogP contribution in [0.4, 0.5) is 5.69 Å². The first kappa shape index (κ1) is 19.9. The average molecular weight is 426 g/mol. The number of amides is 1. The Bertz CT molecular complexity index is 1070. The second kappa shape index (κ2) is 8.97. The van der Waals surface area contributed by atoms with Crippen LogP contribution in [0.25, 0.3) is 0 Å². The number of rotatable bonds is 7. The zero-order valence-electron chi connectivity index (χ0n) is 16.3. The molecule has 0 fully saturated rings. The summed E-state index contributed by atoms with van der Waals surface area (Å²) < 4.78 is 22.2. The fourth-order valence-electron chi connectivity index (χ4n) is 3.02. The molecule has 0 bridgehead atoms. The van der Waals surface area contributed by atoms with Crippen LogP contribution in [0.1, 0.15) is 22.8 Å². The number of halogens is 1. The van der Waals surface area contributed by atoms with Crippen LogP contribution in [-0.2, 0) is 6.61 Å². The molecule has 3 aromatic rings. The molecule has 0 unspecified atom stereocenters. The lowest BCUT2D eigenvalue weighted by molar-refractivity contribution is 0.102. The number of para-hydroxylation sites is 1. The topological polar surface area (TPSA) is 66.0 Å². The largest absolute Gasteiger partial charge is 0.493 e. The minimum Gasteiger partial charge on any atom is -0.493 e. The van der Waals surface area contributed by atoms with Crippen LogP contribution in [0.5, 0.6) is 23.0 Å². The molecule has 1 N–H and O–H groups in total. The Kier molecular flexibility index (Phi) is 5.95. The van der Waals surface area contributed by atoms with Crippen LogP contribution in [0.3, 0.4) is 0 Å². The molecule has 0 radical (unpaired) electrons. The Labute approximate surface area is 179 Å². The van der Waals surface area contributed by atoms with Crippen molar-refractivity contribution < 1.29 is 23.7 Å². The summed E-state index contributed by atoms with van der Waals surface area (Å²) in [7, 11) is 0. The summed E-state index contributed by atoms with van der Waals surface area (Å²) in [6.07, 6.45) is 0. The van der Waals surface area contributed by atoms with Gasteiger partial charge < -0.3 is 24.3 Å². The van der Waals surface area contributed by atoms with Gasteiger partial charge in [-0.15, -0.1) is 0 Å². The Balaban J connectivity index is 1.52. The maximum Gasteiger partial charge on any atom is 0.255 e. The molecule has 0 aromatic heterocycles. The number of nitrogens with one attached hydrogen (secondary N) is 1. The van der Waals surface area contributed by atoms with E-state index in [0.29, 0.717) is 45.9 Å². The van der Waals surface area contributed by atoms with Gasteiger partial charge in [0.15, 0.2) is 11.5 Å². The second-order valence-electron chi connectivity index (χ2n) is 6.50. The molecule has 1 amide bonds. The normalized spacial score (nSPS) is 11.8. The highest BCUT2D eigenvalue weighted by molar-refractivity contribution is 6.32. The molecule has 0 aliphatic carbocycles. The van der Waals surface area contributed by atoms with E-state index in [1.807, 2.05) is 19.1 Å².